The highest BCUT2D eigenvalue weighted by atomic mass is 16.1. The minimum Gasteiger partial charge on any atom is -0.356 e. The lowest BCUT2D eigenvalue weighted by atomic mass is 9.81. The minimum atomic E-state index is 0.266. The third kappa shape index (κ3) is 3.48. The maximum absolute atomic E-state index is 11.9. The van der Waals surface area contributed by atoms with Gasteiger partial charge in [-0.1, -0.05) is 12.8 Å². The molecule has 0 heterocycles. The number of carbonyl (C=O) groups excluding carboxylic acids is 1. The Hall–Kier alpha value is -0.570. The van der Waals surface area contributed by atoms with Gasteiger partial charge in [-0.3, -0.25) is 4.79 Å². The first-order valence-electron chi connectivity index (χ1n) is 6.77. The normalized spacial score (nSPS) is 30.1. The van der Waals surface area contributed by atoms with Gasteiger partial charge in [0.1, 0.15) is 0 Å². The number of nitrogens with two attached hydrogens (primary N) is 1. The number of amides is 1. The van der Waals surface area contributed by atoms with Crippen molar-refractivity contribution in [2.75, 3.05) is 13.1 Å². The van der Waals surface area contributed by atoms with Crippen molar-refractivity contribution in [1.29, 1.82) is 0 Å². The molecule has 92 valence electrons. The molecule has 0 unspecified atom stereocenters. The lowest BCUT2D eigenvalue weighted by molar-refractivity contribution is -0.126. The van der Waals surface area contributed by atoms with E-state index in [-0.39, 0.29) is 11.8 Å². The van der Waals surface area contributed by atoms with Gasteiger partial charge in [-0.05, 0) is 50.5 Å². The van der Waals surface area contributed by atoms with Crippen molar-refractivity contribution in [1.82, 2.24) is 5.32 Å². The van der Waals surface area contributed by atoms with Crippen LogP contribution < -0.4 is 11.1 Å². The number of rotatable bonds is 5. The molecular weight excluding hydrogens is 200 g/mol. The van der Waals surface area contributed by atoms with Crippen LogP contribution in [0.4, 0.5) is 0 Å². The molecule has 3 nitrogen and oxygen atoms in total. The molecule has 0 atom stereocenters. The molecule has 2 aliphatic rings. The topological polar surface area (TPSA) is 55.1 Å². The van der Waals surface area contributed by atoms with Crippen molar-refractivity contribution >= 4 is 5.91 Å². The summed E-state index contributed by atoms with van der Waals surface area (Å²) >= 11 is 0. The van der Waals surface area contributed by atoms with Crippen LogP contribution in [0.1, 0.15) is 44.9 Å². The van der Waals surface area contributed by atoms with E-state index in [9.17, 15) is 4.79 Å². The zero-order chi connectivity index (χ0) is 11.4. The van der Waals surface area contributed by atoms with E-state index < -0.39 is 0 Å². The van der Waals surface area contributed by atoms with Crippen LogP contribution >= 0.6 is 0 Å². The highest BCUT2D eigenvalue weighted by molar-refractivity contribution is 5.78. The Bertz CT molecular complexity index is 230. The predicted octanol–water partition coefficient (Wildman–Crippen LogP) is 1.67. The number of nitrogens with one attached hydrogen (secondary N) is 1. The van der Waals surface area contributed by atoms with Gasteiger partial charge in [-0.25, -0.2) is 0 Å². The van der Waals surface area contributed by atoms with Gasteiger partial charge in [-0.15, -0.1) is 0 Å². The summed E-state index contributed by atoms with van der Waals surface area (Å²) in [5.74, 6) is 2.13. The maximum Gasteiger partial charge on any atom is 0.223 e. The Morgan fingerprint density at radius 2 is 1.69 bits per heavy atom. The molecule has 0 radical (unpaired) electrons. The van der Waals surface area contributed by atoms with E-state index in [2.05, 4.69) is 5.32 Å². The Morgan fingerprint density at radius 3 is 2.25 bits per heavy atom. The molecule has 2 rings (SSSR count). The van der Waals surface area contributed by atoms with Crippen molar-refractivity contribution < 1.29 is 4.79 Å². The fourth-order valence-electron chi connectivity index (χ4n) is 2.61. The number of carbonyl (C=O) groups is 1. The van der Waals surface area contributed by atoms with Crippen molar-refractivity contribution in [3.05, 3.63) is 0 Å². The lowest BCUT2D eigenvalue weighted by Crippen LogP contribution is -2.34. The highest BCUT2D eigenvalue weighted by Crippen LogP contribution is 2.32. The fraction of sp³-hybridized carbons (Fsp3) is 0.923. The molecular formula is C13H24N2O. The van der Waals surface area contributed by atoms with Crippen LogP contribution in [0.25, 0.3) is 0 Å². The largest absolute Gasteiger partial charge is 0.356 e. The lowest BCUT2D eigenvalue weighted by Gasteiger charge is -2.26. The van der Waals surface area contributed by atoms with E-state index in [0.717, 1.165) is 44.7 Å². The van der Waals surface area contributed by atoms with Gasteiger partial charge in [0.05, 0.1) is 0 Å². The molecule has 3 heteroatoms. The van der Waals surface area contributed by atoms with E-state index in [4.69, 9.17) is 5.73 Å². The van der Waals surface area contributed by atoms with Gasteiger partial charge in [0, 0.05) is 12.5 Å². The summed E-state index contributed by atoms with van der Waals surface area (Å²) in [5, 5.41) is 3.09. The van der Waals surface area contributed by atoms with Crippen molar-refractivity contribution in [2.24, 2.45) is 23.5 Å². The Morgan fingerprint density at radius 1 is 1.06 bits per heavy atom. The van der Waals surface area contributed by atoms with Crippen LogP contribution in [0, 0.1) is 17.8 Å². The molecule has 3 N–H and O–H groups in total. The molecule has 0 bridgehead atoms. The van der Waals surface area contributed by atoms with Crippen LogP contribution in [-0.2, 0) is 4.79 Å². The highest BCUT2D eigenvalue weighted by Gasteiger charge is 2.26. The zero-order valence-corrected chi connectivity index (χ0v) is 10.1. The molecule has 0 saturated heterocycles. The summed E-state index contributed by atoms with van der Waals surface area (Å²) < 4.78 is 0. The van der Waals surface area contributed by atoms with E-state index in [1.165, 1.54) is 19.3 Å². The molecule has 2 fully saturated rings. The Balaban J connectivity index is 1.61. The fourth-order valence-corrected chi connectivity index (χ4v) is 2.61. The monoisotopic (exact) mass is 224 g/mol. The maximum atomic E-state index is 11.9. The summed E-state index contributed by atoms with van der Waals surface area (Å²) in [6.07, 6.45) is 8.28. The van der Waals surface area contributed by atoms with E-state index in [0.29, 0.717) is 5.92 Å². The Kier molecular flexibility index (Phi) is 4.22. The van der Waals surface area contributed by atoms with Gasteiger partial charge in [0.25, 0.3) is 0 Å². The van der Waals surface area contributed by atoms with Gasteiger partial charge in [0.2, 0.25) is 5.91 Å². The SMILES string of the molecule is NCC1CCC(C(=O)NCCC2CC2)CC1. The summed E-state index contributed by atoms with van der Waals surface area (Å²) in [7, 11) is 0. The molecule has 0 spiro atoms. The average molecular weight is 224 g/mol. The van der Waals surface area contributed by atoms with Gasteiger partial charge in [-0.2, -0.15) is 0 Å². The zero-order valence-electron chi connectivity index (χ0n) is 10.1. The molecule has 2 aliphatic carbocycles. The van der Waals surface area contributed by atoms with Crippen LogP contribution in [0.3, 0.4) is 0 Å². The molecule has 0 aromatic heterocycles. The second-order valence-corrected chi connectivity index (χ2v) is 5.48. The first-order valence-corrected chi connectivity index (χ1v) is 6.77. The second-order valence-electron chi connectivity index (χ2n) is 5.48. The van der Waals surface area contributed by atoms with Crippen molar-refractivity contribution in [3.8, 4) is 0 Å². The molecule has 1 amide bonds. The standard InChI is InChI=1S/C13H24N2O/c14-9-11-3-5-12(6-4-11)13(16)15-8-7-10-1-2-10/h10-12H,1-9,14H2,(H,15,16). The first kappa shape index (κ1) is 11.9. The van der Waals surface area contributed by atoms with Gasteiger partial charge >= 0.3 is 0 Å². The molecule has 0 aliphatic heterocycles. The van der Waals surface area contributed by atoms with Crippen molar-refractivity contribution in [2.45, 2.75) is 44.9 Å². The molecule has 0 aromatic carbocycles. The second kappa shape index (κ2) is 5.67. The summed E-state index contributed by atoms with van der Waals surface area (Å²) in [6.45, 7) is 1.68. The first-order chi connectivity index (χ1) is 7.79. The van der Waals surface area contributed by atoms with Crippen LogP contribution in [0.15, 0.2) is 0 Å². The number of hydrogen-bond acceptors (Lipinski definition) is 2. The smallest absolute Gasteiger partial charge is 0.223 e. The van der Waals surface area contributed by atoms with E-state index in [1.807, 2.05) is 0 Å². The third-order valence-electron chi connectivity index (χ3n) is 4.10. The number of hydrogen-bond donors (Lipinski definition) is 2. The van der Waals surface area contributed by atoms with Crippen molar-refractivity contribution in [3.63, 3.8) is 0 Å². The summed E-state index contributed by atoms with van der Waals surface area (Å²) in [5.41, 5.74) is 5.64. The average Bonchev–Trinajstić information content (AvgIpc) is 3.13. The summed E-state index contributed by atoms with van der Waals surface area (Å²) in [6, 6.07) is 0. The molecule has 2 saturated carbocycles. The summed E-state index contributed by atoms with van der Waals surface area (Å²) in [4.78, 5) is 11.9. The third-order valence-corrected chi connectivity index (χ3v) is 4.10. The van der Waals surface area contributed by atoms with E-state index in [1.54, 1.807) is 0 Å². The van der Waals surface area contributed by atoms with Crippen LogP contribution in [0.5, 0.6) is 0 Å². The molecule has 16 heavy (non-hydrogen) atoms. The van der Waals surface area contributed by atoms with E-state index >= 15 is 0 Å². The van der Waals surface area contributed by atoms with Gasteiger partial charge in [0.15, 0.2) is 0 Å². The van der Waals surface area contributed by atoms with Gasteiger partial charge < -0.3 is 11.1 Å². The van der Waals surface area contributed by atoms with Crippen LogP contribution in [0.2, 0.25) is 0 Å². The predicted molar refractivity (Wildman–Crippen MR) is 64.9 cm³/mol. The molecule has 0 aromatic rings. The minimum absolute atomic E-state index is 0.266. The Labute approximate surface area is 98.2 Å². The van der Waals surface area contributed by atoms with Crippen LogP contribution in [-0.4, -0.2) is 19.0 Å². The quantitative estimate of drug-likeness (QED) is 0.746.